The van der Waals surface area contributed by atoms with Crippen molar-refractivity contribution < 1.29 is 9.13 Å². The number of ether oxygens (including phenoxy) is 1. The molecule has 4 nitrogen and oxygen atoms in total. The number of nitrogens with zero attached hydrogens (tertiary/aromatic N) is 2. The molecule has 0 aromatic carbocycles. The van der Waals surface area contributed by atoms with E-state index in [1.807, 2.05) is 11.9 Å². The summed E-state index contributed by atoms with van der Waals surface area (Å²) < 4.78 is 20.0. The van der Waals surface area contributed by atoms with Crippen molar-refractivity contribution in [3.63, 3.8) is 0 Å². The molecule has 1 aliphatic heterocycles. The van der Waals surface area contributed by atoms with E-state index in [0.29, 0.717) is 24.5 Å². The molecule has 5 heteroatoms. The zero-order valence-corrected chi connectivity index (χ0v) is 11.7. The van der Waals surface area contributed by atoms with Crippen LogP contribution < -0.4 is 10.2 Å². The molecule has 1 aromatic heterocycles. The second-order valence-corrected chi connectivity index (χ2v) is 5.01. The van der Waals surface area contributed by atoms with Crippen LogP contribution in [0.1, 0.15) is 24.8 Å². The molecule has 1 atom stereocenters. The summed E-state index contributed by atoms with van der Waals surface area (Å²) in [6.07, 6.45) is 5.21. The van der Waals surface area contributed by atoms with E-state index in [9.17, 15) is 4.39 Å². The minimum atomic E-state index is -0.241. The first kappa shape index (κ1) is 14.2. The lowest BCUT2D eigenvalue weighted by molar-refractivity contribution is 0.0214. The fourth-order valence-electron chi connectivity index (χ4n) is 2.41. The minimum absolute atomic E-state index is 0.188. The first-order chi connectivity index (χ1) is 9.22. The molecule has 1 aliphatic rings. The van der Waals surface area contributed by atoms with Gasteiger partial charge in [0, 0.05) is 38.5 Å². The van der Waals surface area contributed by atoms with Crippen LogP contribution in [0.5, 0.6) is 0 Å². The topological polar surface area (TPSA) is 37.4 Å². The number of aromatic nitrogens is 1. The molecule has 0 amide bonds. The quantitative estimate of drug-likeness (QED) is 0.885. The first-order valence-electron chi connectivity index (χ1n) is 6.83. The van der Waals surface area contributed by atoms with Crippen molar-refractivity contribution >= 4 is 5.82 Å². The first-order valence-corrected chi connectivity index (χ1v) is 6.83. The summed E-state index contributed by atoms with van der Waals surface area (Å²) in [6, 6.07) is 1.71. The average Bonchev–Trinajstić information content (AvgIpc) is 2.42. The van der Waals surface area contributed by atoms with Gasteiger partial charge in [-0.2, -0.15) is 0 Å². The lowest BCUT2D eigenvalue weighted by Gasteiger charge is -2.28. The number of pyridine rings is 1. The van der Waals surface area contributed by atoms with Gasteiger partial charge in [0.2, 0.25) is 0 Å². The second-order valence-electron chi connectivity index (χ2n) is 5.01. The summed E-state index contributed by atoms with van der Waals surface area (Å²) >= 11 is 0. The number of hydrogen-bond acceptors (Lipinski definition) is 4. The van der Waals surface area contributed by atoms with E-state index in [-0.39, 0.29) is 11.9 Å². The molecular formula is C14H22FN3O. The third-order valence-corrected chi connectivity index (χ3v) is 3.43. The molecule has 106 valence electrons. The van der Waals surface area contributed by atoms with E-state index in [4.69, 9.17) is 4.74 Å². The van der Waals surface area contributed by atoms with Crippen molar-refractivity contribution in [3.8, 4) is 0 Å². The van der Waals surface area contributed by atoms with Gasteiger partial charge in [-0.25, -0.2) is 9.37 Å². The molecular weight excluding hydrogens is 245 g/mol. The molecule has 0 bridgehead atoms. The molecule has 1 aromatic rings. The molecule has 1 N–H and O–H groups in total. The van der Waals surface area contributed by atoms with Gasteiger partial charge in [0.15, 0.2) is 11.6 Å². The van der Waals surface area contributed by atoms with Crippen molar-refractivity contribution in [1.82, 2.24) is 10.3 Å². The van der Waals surface area contributed by atoms with Crippen molar-refractivity contribution in [2.24, 2.45) is 0 Å². The van der Waals surface area contributed by atoms with Crippen molar-refractivity contribution in [1.29, 1.82) is 0 Å². The number of nitrogens with one attached hydrogen (secondary N) is 1. The average molecular weight is 267 g/mol. The van der Waals surface area contributed by atoms with Crippen LogP contribution in [-0.2, 0) is 11.3 Å². The highest BCUT2D eigenvalue weighted by Crippen LogP contribution is 2.21. The Morgan fingerprint density at radius 1 is 1.53 bits per heavy atom. The Labute approximate surface area is 114 Å². The van der Waals surface area contributed by atoms with Crippen LogP contribution in [-0.4, -0.2) is 38.3 Å². The van der Waals surface area contributed by atoms with Crippen molar-refractivity contribution in [2.45, 2.75) is 31.9 Å². The van der Waals surface area contributed by atoms with Crippen molar-refractivity contribution in [2.75, 3.05) is 32.1 Å². The van der Waals surface area contributed by atoms with Crippen LogP contribution in [0.15, 0.2) is 12.3 Å². The summed E-state index contributed by atoms with van der Waals surface area (Å²) in [7, 11) is 3.67. The third kappa shape index (κ3) is 3.64. The largest absolute Gasteiger partial charge is 0.376 e. The second kappa shape index (κ2) is 6.82. The maximum atomic E-state index is 14.3. The maximum absolute atomic E-state index is 14.3. The number of rotatable bonds is 5. The van der Waals surface area contributed by atoms with E-state index in [1.54, 1.807) is 19.3 Å². The molecule has 0 aliphatic carbocycles. The minimum Gasteiger partial charge on any atom is -0.376 e. The van der Waals surface area contributed by atoms with Gasteiger partial charge in [-0.1, -0.05) is 0 Å². The van der Waals surface area contributed by atoms with Gasteiger partial charge >= 0.3 is 0 Å². The van der Waals surface area contributed by atoms with Crippen LogP contribution in [0, 0.1) is 5.82 Å². The van der Waals surface area contributed by atoms with E-state index >= 15 is 0 Å². The van der Waals surface area contributed by atoms with Gasteiger partial charge in [0.05, 0.1) is 6.10 Å². The fourth-order valence-corrected chi connectivity index (χ4v) is 2.41. The molecule has 1 saturated heterocycles. The standard InChI is InChI=1S/C14H22FN3O/c1-16-9-11-6-7-17-14(13(11)15)18(2)10-12-5-3-4-8-19-12/h6-7,12,16H,3-5,8-10H2,1-2H3. The van der Waals surface area contributed by atoms with Crippen LogP contribution in [0.4, 0.5) is 10.2 Å². The molecule has 0 spiro atoms. The Kier molecular flexibility index (Phi) is 5.10. The maximum Gasteiger partial charge on any atom is 0.170 e. The number of likely N-dealkylation sites (N-methyl/N-ethyl adjacent to an activating group) is 1. The lowest BCUT2D eigenvalue weighted by Crippen LogP contribution is -2.34. The molecule has 0 radical (unpaired) electrons. The fraction of sp³-hybridized carbons (Fsp3) is 0.643. The summed E-state index contributed by atoms with van der Waals surface area (Å²) in [5, 5.41) is 2.96. The summed E-state index contributed by atoms with van der Waals surface area (Å²) in [4.78, 5) is 6.01. The van der Waals surface area contributed by atoms with Gasteiger partial charge in [0.1, 0.15) is 0 Å². The van der Waals surface area contributed by atoms with Crippen LogP contribution in [0.3, 0.4) is 0 Å². The van der Waals surface area contributed by atoms with Crippen LogP contribution >= 0.6 is 0 Å². The zero-order valence-electron chi connectivity index (χ0n) is 11.7. The van der Waals surface area contributed by atoms with Crippen LogP contribution in [0.25, 0.3) is 0 Å². The van der Waals surface area contributed by atoms with E-state index in [0.717, 1.165) is 19.4 Å². The highest BCUT2D eigenvalue weighted by molar-refractivity contribution is 5.42. The summed E-state index contributed by atoms with van der Waals surface area (Å²) in [5.74, 6) is 0.164. The normalized spacial score (nSPS) is 19.4. The van der Waals surface area contributed by atoms with Crippen LogP contribution in [0.2, 0.25) is 0 Å². The highest BCUT2D eigenvalue weighted by atomic mass is 19.1. The lowest BCUT2D eigenvalue weighted by atomic mass is 10.1. The van der Waals surface area contributed by atoms with Gasteiger partial charge in [-0.05, 0) is 32.4 Å². The smallest absolute Gasteiger partial charge is 0.170 e. The molecule has 2 rings (SSSR count). The molecule has 1 fully saturated rings. The van der Waals surface area contributed by atoms with Gasteiger partial charge in [-0.15, -0.1) is 0 Å². The Hall–Kier alpha value is -1.20. The third-order valence-electron chi connectivity index (χ3n) is 3.43. The van der Waals surface area contributed by atoms with Crippen molar-refractivity contribution in [3.05, 3.63) is 23.6 Å². The Morgan fingerprint density at radius 2 is 2.37 bits per heavy atom. The Morgan fingerprint density at radius 3 is 3.05 bits per heavy atom. The Balaban J connectivity index is 2.05. The summed E-state index contributed by atoms with van der Waals surface area (Å²) in [5.41, 5.74) is 0.643. The predicted molar refractivity (Wildman–Crippen MR) is 73.8 cm³/mol. The number of anilines is 1. The Bertz CT molecular complexity index is 408. The number of halogens is 1. The molecule has 0 saturated carbocycles. The van der Waals surface area contributed by atoms with E-state index < -0.39 is 0 Å². The zero-order chi connectivity index (χ0) is 13.7. The summed E-state index contributed by atoms with van der Waals surface area (Å²) in [6.45, 7) is 2.01. The van der Waals surface area contributed by atoms with E-state index in [1.165, 1.54) is 6.42 Å². The van der Waals surface area contributed by atoms with E-state index in [2.05, 4.69) is 10.3 Å². The van der Waals surface area contributed by atoms with Gasteiger partial charge in [0.25, 0.3) is 0 Å². The molecule has 2 heterocycles. The molecule has 19 heavy (non-hydrogen) atoms. The molecule has 1 unspecified atom stereocenters. The highest BCUT2D eigenvalue weighted by Gasteiger charge is 2.19. The van der Waals surface area contributed by atoms with Gasteiger partial charge < -0.3 is 15.0 Å². The predicted octanol–water partition coefficient (Wildman–Crippen LogP) is 1.95. The monoisotopic (exact) mass is 267 g/mol. The number of hydrogen-bond donors (Lipinski definition) is 1. The SMILES string of the molecule is CNCc1ccnc(N(C)CC2CCCCO2)c1F. The van der Waals surface area contributed by atoms with Gasteiger partial charge in [-0.3, -0.25) is 0 Å².